The van der Waals surface area contributed by atoms with E-state index in [9.17, 15) is 13.9 Å². The van der Waals surface area contributed by atoms with Crippen molar-refractivity contribution in [1.29, 1.82) is 0 Å². The van der Waals surface area contributed by atoms with E-state index in [4.69, 9.17) is 9.79 Å². The van der Waals surface area contributed by atoms with Gasteiger partial charge in [-0.25, -0.2) is 4.57 Å². The largest absolute Gasteiger partial charge is 0.705 e. The summed E-state index contributed by atoms with van der Waals surface area (Å²) in [6.07, 6.45) is 0. The molecule has 0 aromatic carbocycles. The van der Waals surface area contributed by atoms with Gasteiger partial charge in [0, 0.05) is 11.5 Å². The highest BCUT2D eigenvalue weighted by Gasteiger charge is 2.33. The van der Waals surface area contributed by atoms with Crippen LogP contribution in [-0.2, 0) is 18.2 Å². The number of rotatable bonds is 3. The first-order valence-corrected chi connectivity index (χ1v) is 5.02. The highest BCUT2D eigenvalue weighted by atomic mass is 31.2. The first-order valence-electron chi connectivity index (χ1n) is 2.31. The van der Waals surface area contributed by atoms with E-state index >= 15 is 0 Å². The van der Waals surface area contributed by atoms with Gasteiger partial charge in [0.1, 0.15) is 0 Å². The van der Waals surface area contributed by atoms with Gasteiger partial charge in [-0.05, 0) is 4.31 Å². The van der Waals surface area contributed by atoms with Crippen LogP contribution >= 0.6 is 16.0 Å². The highest BCUT2D eigenvalue weighted by Crippen LogP contribution is 2.45. The SMILES string of the molecule is CC(=O)NP(=O)(O)O[P+](=O)O. The Balaban J connectivity index is 4.12. The first kappa shape index (κ1) is 10.7. The zero-order valence-corrected chi connectivity index (χ0v) is 7.21. The maximum Gasteiger partial charge on any atom is 0.705 e. The van der Waals surface area contributed by atoms with E-state index in [2.05, 4.69) is 4.31 Å². The Kier molecular flexibility index (Phi) is 3.78. The zero-order valence-electron chi connectivity index (χ0n) is 5.42. The summed E-state index contributed by atoms with van der Waals surface area (Å²) in [5.41, 5.74) is 0. The Bertz CT molecular complexity index is 205. The lowest BCUT2D eigenvalue weighted by Gasteiger charge is -2.01. The van der Waals surface area contributed by atoms with E-state index in [0.717, 1.165) is 6.92 Å². The minimum atomic E-state index is -4.44. The molecule has 0 aliphatic heterocycles. The monoisotopic (exact) mass is 202 g/mol. The van der Waals surface area contributed by atoms with Crippen molar-refractivity contribution in [1.82, 2.24) is 5.09 Å². The molecule has 2 unspecified atom stereocenters. The third-order valence-corrected chi connectivity index (χ3v) is 2.52. The molecule has 0 aromatic heterocycles. The number of amides is 1. The van der Waals surface area contributed by atoms with Crippen LogP contribution in [0.5, 0.6) is 0 Å². The van der Waals surface area contributed by atoms with Crippen LogP contribution in [0.15, 0.2) is 0 Å². The summed E-state index contributed by atoms with van der Waals surface area (Å²) < 4.78 is 23.9. The Morgan fingerprint density at radius 3 is 2.45 bits per heavy atom. The van der Waals surface area contributed by atoms with Gasteiger partial charge in [-0.15, -0.1) is 4.89 Å². The summed E-state index contributed by atoms with van der Waals surface area (Å²) in [6, 6.07) is 0. The maximum absolute atomic E-state index is 10.5. The van der Waals surface area contributed by atoms with Gasteiger partial charge >= 0.3 is 16.0 Å². The molecule has 0 aromatic rings. The van der Waals surface area contributed by atoms with Crippen molar-refractivity contribution >= 4 is 21.9 Å². The molecule has 0 spiro atoms. The predicted octanol–water partition coefficient (Wildman–Crippen LogP) is -0.111. The van der Waals surface area contributed by atoms with Crippen LogP contribution in [0.25, 0.3) is 0 Å². The summed E-state index contributed by atoms with van der Waals surface area (Å²) in [5.74, 6) is -0.826. The molecule has 0 aliphatic rings. The molecule has 1 amide bonds. The molecule has 0 radical (unpaired) electrons. The second-order valence-electron chi connectivity index (χ2n) is 1.51. The van der Waals surface area contributed by atoms with Gasteiger partial charge in [0.25, 0.3) is 0 Å². The van der Waals surface area contributed by atoms with Crippen LogP contribution in [0, 0.1) is 0 Å². The highest BCUT2D eigenvalue weighted by molar-refractivity contribution is 7.58. The molecule has 0 bridgehead atoms. The smallest absolute Gasteiger partial charge is 0.305 e. The topological polar surface area (TPSA) is 113 Å². The molecule has 3 N–H and O–H groups in total. The number of hydrogen-bond donors (Lipinski definition) is 3. The van der Waals surface area contributed by atoms with Gasteiger partial charge in [-0.1, -0.05) is 0 Å². The van der Waals surface area contributed by atoms with Gasteiger partial charge in [0.2, 0.25) is 5.91 Å². The van der Waals surface area contributed by atoms with Crippen molar-refractivity contribution in [2.75, 3.05) is 0 Å². The molecule has 11 heavy (non-hydrogen) atoms. The number of carbonyl (C=O) groups excluding carboxylic acids is 1. The van der Waals surface area contributed by atoms with E-state index in [1.807, 2.05) is 0 Å². The van der Waals surface area contributed by atoms with E-state index in [0.29, 0.717) is 0 Å². The molecular weight excluding hydrogens is 196 g/mol. The Hall–Kier alpha value is -0.320. The average molecular weight is 202 g/mol. The molecule has 0 fully saturated rings. The molecule has 0 heterocycles. The van der Waals surface area contributed by atoms with Gasteiger partial charge < -0.3 is 4.89 Å². The number of carbonyl (C=O) groups is 1. The standard InChI is InChI=1S/C2H5NO6P2/c1-2(4)3-11(7,8)9-10(5)6/h1H3,(H2-,3,4,5,6,7,8)/p+1. The molecule has 0 aliphatic carbocycles. The molecule has 7 nitrogen and oxygen atoms in total. The van der Waals surface area contributed by atoms with E-state index in [-0.39, 0.29) is 0 Å². The van der Waals surface area contributed by atoms with Crippen molar-refractivity contribution in [3.05, 3.63) is 0 Å². The van der Waals surface area contributed by atoms with Crippen molar-refractivity contribution in [3.8, 4) is 0 Å². The summed E-state index contributed by atoms with van der Waals surface area (Å²) in [5, 5.41) is 1.46. The molecule has 0 saturated carbocycles. The first-order chi connectivity index (χ1) is 4.83. The minimum absolute atomic E-state index is 0.826. The Labute approximate surface area is 62.9 Å². The number of nitrogens with one attached hydrogen (secondary N) is 1. The van der Waals surface area contributed by atoms with Crippen molar-refractivity contribution in [3.63, 3.8) is 0 Å². The van der Waals surface area contributed by atoms with Crippen molar-refractivity contribution in [2.45, 2.75) is 6.92 Å². The predicted molar refractivity (Wildman–Crippen MR) is 34.6 cm³/mol. The second kappa shape index (κ2) is 3.90. The van der Waals surface area contributed by atoms with Crippen molar-refractivity contribution < 1.29 is 28.0 Å². The minimum Gasteiger partial charge on any atom is -0.305 e. The summed E-state index contributed by atoms with van der Waals surface area (Å²) in [7, 11) is -7.63. The Morgan fingerprint density at radius 1 is 1.73 bits per heavy atom. The van der Waals surface area contributed by atoms with Crippen molar-refractivity contribution in [2.24, 2.45) is 0 Å². The van der Waals surface area contributed by atoms with Gasteiger partial charge in [-0.3, -0.25) is 9.88 Å². The Morgan fingerprint density at radius 2 is 2.18 bits per heavy atom. The fourth-order valence-corrected chi connectivity index (χ4v) is 1.63. The van der Waals surface area contributed by atoms with Crippen LogP contribution in [0.1, 0.15) is 6.92 Å². The van der Waals surface area contributed by atoms with Crippen LogP contribution in [0.3, 0.4) is 0 Å². The lowest BCUT2D eigenvalue weighted by atomic mass is 10.8. The normalized spacial score (nSPS) is 16.8. The van der Waals surface area contributed by atoms with Gasteiger partial charge in [-0.2, -0.15) is 0 Å². The fraction of sp³-hybridized carbons (Fsp3) is 0.500. The zero-order chi connectivity index (χ0) is 9.07. The van der Waals surface area contributed by atoms with Gasteiger partial charge in [0.15, 0.2) is 0 Å². The molecule has 0 rings (SSSR count). The van der Waals surface area contributed by atoms with Crippen LogP contribution in [0.4, 0.5) is 0 Å². The van der Waals surface area contributed by atoms with E-state index in [1.54, 1.807) is 0 Å². The van der Waals surface area contributed by atoms with Crippen LogP contribution < -0.4 is 5.09 Å². The lowest BCUT2D eigenvalue weighted by molar-refractivity contribution is -0.117. The molecule has 2 atom stereocenters. The van der Waals surface area contributed by atoms with Crippen LogP contribution in [0.2, 0.25) is 0 Å². The van der Waals surface area contributed by atoms with E-state index in [1.165, 1.54) is 5.09 Å². The molecule has 0 saturated heterocycles. The molecule has 64 valence electrons. The third kappa shape index (κ3) is 6.09. The molecule has 9 heteroatoms. The summed E-state index contributed by atoms with van der Waals surface area (Å²) in [6.45, 7) is 0.969. The summed E-state index contributed by atoms with van der Waals surface area (Å²) in [4.78, 5) is 26.7. The maximum atomic E-state index is 10.5. The summed E-state index contributed by atoms with van der Waals surface area (Å²) >= 11 is 0. The van der Waals surface area contributed by atoms with E-state index < -0.39 is 21.9 Å². The van der Waals surface area contributed by atoms with Gasteiger partial charge in [0.05, 0.1) is 0 Å². The molecular formula is C2H6NO6P2+. The van der Waals surface area contributed by atoms with Crippen LogP contribution in [-0.4, -0.2) is 15.7 Å². The second-order valence-corrected chi connectivity index (χ2v) is 3.90. The fourth-order valence-electron chi connectivity index (χ4n) is 0.314. The number of hydrogen-bond acceptors (Lipinski definition) is 4. The quantitative estimate of drug-likeness (QED) is 0.550. The third-order valence-electron chi connectivity index (χ3n) is 0.479. The lowest BCUT2D eigenvalue weighted by Crippen LogP contribution is -2.16. The average Bonchev–Trinajstić information content (AvgIpc) is 1.53.